The molecule has 2 heterocycles. The van der Waals surface area contributed by atoms with Gasteiger partial charge in [-0.25, -0.2) is 28.1 Å². The fraction of sp³-hybridized carbons (Fsp3) is 0.432. The summed E-state index contributed by atoms with van der Waals surface area (Å²) in [5, 5.41) is 2.67. The molecule has 65 heavy (non-hydrogen) atoms. The Hall–Kier alpha value is -3.92. The highest BCUT2D eigenvalue weighted by molar-refractivity contribution is 8.76. The first-order valence-corrected chi connectivity index (χ1v) is 26.4. The third-order valence-electron chi connectivity index (χ3n) is 8.88. The van der Waals surface area contributed by atoms with Gasteiger partial charge in [0.15, 0.2) is 0 Å². The molecule has 1 fully saturated rings. The topological polar surface area (TPSA) is 364 Å². The van der Waals surface area contributed by atoms with Gasteiger partial charge in [-0.05, 0) is 49.9 Å². The van der Waals surface area contributed by atoms with Crippen molar-refractivity contribution in [3.63, 3.8) is 0 Å². The standard InChI is InChI=1S/C37H49N6O17P3S2/c1-23(39)26-11-3-5-13-28(26)36(46)58-30-20-33(57-31(30)22-56-62(51,52)60-63(53,54)59-61(48,49)50)43-21-25(34(40)42-37(43)47)10-9-17-41-32(44)15-7-8-18-55-35(45)29-14-6-4-12-27(29)24(2)65-64-19-16-38/h3-6,11-14,21,23-24,30-31,33H,7-8,15-20,22,38-39H2,1-2H3,(H,41,44)(H,51,52)(H,53,54)(H2,40,42,47)(H2,48,49,50)/t23?,24?,30-,31?,33-/m1/s1. The second-order valence-electron chi connectivity index (χ2n) is 13.9. The lowest BCUT2D eigenvalue weighted by molar-refractivity contribution is -0.121. The van der Waals surface area contributed by atoms with Crippen LogP contribution in [0.25, 0.3) is 0 Å². The molecule has 4 rings (SSSR count). The number of anilines is 1. The summed E-state index contributed by atoms with van der Waals surface area (Å²) in [5.74, 6) is 4.22. The summed E-state index contributed by atoms with van der Waals surface area (Å²) >= 11 is 0. The van der Waals surface area contributed by atoms with E-state index in [-0.39, 0.29) is 54.1 Å². The third-order valence-corrected chi connectivity index (χ3v) is 15.5. The number of benzene rings is 2. The Morgan fingerprint density at radius 2 is 1.65 bits per heavy atom. The Morgan fingerprint density at radius 1 is 0.985 bits per heavy atom. The van der Waals surface area contributed by atoms with E-state index in [0.717, 1.165) is 15.9 Å². The van der Waals surface area contributed by atoms with E-state index >= 15 is 0 Å². The molecule has 1 amide bonds. The fourth-order valence-corrected chi connectivity index (χ4v) is 11.2. The van der Waals surface area contributed by atoms with Gasteiger partial charge in [0.25, 0.3) is 0 Å². The van der Waals surface area contributed by atoms with E-state index in [0.29, 0.717) is 30.5 Å². The van der Waals surface area contributed by atoms with E-state index in [9.17, 15) is 42.7 Å². The van der Waals surface area contributed by atoms with E-state index in [4.69, 9.17) is 45.7 Å². The highest BCUT2D eigenvalue weighted by Crippen LogP contribution is 2.66. The molecule has 23 nitrogen and oxygen atoms in total. The smallest absolute Gasteiger partial charge is 0.462 e. The van der Waals surface area contributed by atoms with Crippen LogP contribution in [0.5, 0.6) is 0 Å². The number of ether oxygens (including phenoxy) is 3. The molecule has 5 unspecified atom stereocenters. The first kappa shape index (κ1) is 53.7. The van der Waals surface area contributed by atoms with Crippen LogP contribution in [0.1, 0.15) is 94.5 Å². The highest BCUT2D eigenvalue weighted by Gasteiger charge is 2.44. The molecular formula is C37H49N6O17P3S2. The van der Waals surface area contributed by atoms with Gasteiger partial charge in [0, 0.05) is 42.6 Å². The lowest BCUT2D eigenvalue weighted by Crippen LogP contribution is -2.31. The van der Waals surface area contributed by atoms with E-state index < -0.39 is 72.2 Å². The first-order valence-electron chi connectivity index (χ1n) is 19.5. The predicted molar refractivity (Wildman–Crippen MR) is 237 cm³/mol. The molecule has 1 aliphatic rings. The van der Waals surface area contributed by atoms with Gasteiger partial charge in [0.2, 0.25) is 5.91 Å². The minimum absolute atomic E-state index is 0.0178. The Labute approximate surface area is 380 Å². The maximum Gasteiger partial charge on any atom is 0.490 e. The minimum Gasteiger partial charge on any atom is -0.462 e. The summed E-state index contributed by atoms with van der Waals surface area (Å²) in [6, 6.07) is 12.8. The van der Waals surface area contributed by atoms with E-state index in [1.165, 1.54) is 12.3 Å². The molecule has 11 N–H and O–H groups in total. The largest absolute Gasteiger partial charge is 0.490 e. The maximum absolute atomic E-state index is 13.4. The van der Waals surface area contributed by atoms with Gasteiger partial charge in [-0.15, -0.1) is 0 Å². The van der Waals surface area contributed by atoms with Gasteiger partial charge < -0.3 is 56.3 Å². The van der Waals surface area contributed by atoms with Gasteiger partial charge in [-0.1, -0.05) is 69.8 Å². The number of carbonyl (C=O) groups excluding carboxylic acids is 3. The molecule has 1 saturated heterocycles. The molecule has 0 saturated carbocycles. The maximum atomic E-state index is 13.4. The first-order chi connectivity index (χ1) is 30.6. The lowest BCUT2D eigenvalue weighted by Gasteiger charge is -2.21. The van der Waals surface area contributed by atoms with Crippen LogP contribution in [0.2, 0.25) is 0 Å². The zero-order chi connectivity index (χ0) is 48.0. The molecule has 3 aromatic rings. The summed E-state index contributed by atoms with van der Waals surface area (Å²) in [7, 11) is -13.9. The summed E-state index contributed by atoms with van der Waals surface area (Å²) in [6.45, 7) is 3.13. The van der Waals surface area contributed by atoms with Crippen molar-refractivity contribution in [2.24, 2.45) is 11.5 Å². The van der Waals surface area contributed by atoms with Crippen molar-refractivity contribution in [2.75, 3.05) is 37.8 Å². The monoisotopic (exact) mass is 1010 g/mol. The summed E-state index contributed by atoms with van der Waals surface area (Å²) in [5.41, 5.74) is 18.4. The number of carbonyl (C=O) groups is 3. The van der Waals surface area contributed by atoms with Crippen LogP contribution in [0.15, 0.2) is 59.5 Å². The summed E-state index contributed by atoms with van der Waals surface area (Å²) in [4.78, 5) is 92.8. The summed E-state index contributed by atoms with van der Waals surface area (Å²) < 4.78 is 65.7. The minimum atomic E-state index is -5.87. The number of unbranched alkanes of at least 4 members (excludes halogenated alkanes) is 1. The van der Waals surface area contributed by atoms with E-state index in [1.54, 1.807) is 58.8 Å². The fourth-order valence-electron chi connectivity index (χ4n) is 5.97. The number of nitrogens with zero attached hydrogens (tertiary/aromatic N) is 2. The van der Waals surface area contributed by atoms with Gasteiger partial charge in [-0.3, -0.25) is 13.9 Å². The Kier molecular flexibility index (Phi) is 20.4. The Balaban J connectivity index is 1.37. The number of phosphoric ester groups is 1. The highest BCUT2D eigenvalue weighted by atomic mass is 33.1. The van der Waals surface area contributed by atoms with E-state index in [1.807, 2.05) is 19.1 Å². The van der Waals surface area contributed by atoms with Crippen LogP contribution in [-0.2, 0) is 45.8 Å². The van der Waals surface area contributed by atoms with Crippen molar-refractivity contribution in [1.82, 2.24) is 14.9 Å². The average Bonchev–Trinajstić information content (AvgIpc) is 3.62. The normalized spacial score (nSPS) is 18.9. The van der Waals surface area contributed by atoms with Gasteiger partial charge in [0.05, 0.1) is 36.4 Å². The number of rotatable bonds is 23. The second-order valence-corrected chi connectivity index (χ2v) is 21.2. The predicted octanol–water partition coefficient (Wildman–Crippen LogP) is 3.60. The van der Waals surface area contributed by atoms with Crippen LogP contribution < -0.4 is 28.2 Å². The van der Waals surface area contributed by atoms with Crippen LogP contribution in [-0.4, -0.2) is 91.2 Å². The summed E-state index contributed by atoms with van der Waals surface area (Å²) in [6.07, 6.45) is -2.37. The van der Waals surface area contributed by atoms with Gasteiger partial charge in [-0.2, -0.15) is 13.6 Å². The molecule has 7 atom stereocenters. The molecule has 356 valence electrons. The van der Waals surface area contributed by atoms with Crippen molar-refractivity contribution >= 4 is 68.7 Å². The van der Waals surface area contributed by atoms with E-state index in [2.05, 4.69) is 30.8 Å². The number of nitrogen functional groups attached to an aromatic ring is 1. The number of amides is 1. The lowest BCUT2D eigenvalue weighted by atomic mass is 10.0. The zero-order valence-corrected chi connectivity index (χ0v) is 39.1. The van der Waals surface area contributed by atoms with Crippen LogP contribution >= 0.6 is 45.1 Å². The molecule has 0 spiro atoms. The number of hydrogen-bond acceptors (Lipinski definition) is 19. The van der Waals surface area contributed by atoms with Crippen molar-refractivity contribution in [3.8, 4) is 11.8 Å². The Bertz CT molecular complexity index is 2430. The molecule has 1 aromatic heterocycles. The van der Waals surface area contributed by atoms with Crippen LogP contribution in [0.3, 0.4) is 0 Å². The van der Waals surface area contributed by atoms with Crippen molar-refractivity contribution < 1.29 is 75.0 Å². The van der Waals surface area contributed by atoms with Gasteiger partial charge >= 0.3 is 41.1 Å². The molecule has 1 aliphatic heterocycles. The number of aromatic nitrogens is 2. The number of nitrogens with two attached hydrogens (primary N) is 3. The molecular weight excluding hydrogens is 957 g/mol. The zero-order valence-electron chi connectivity index (χ0n) is 34.8. The Morgan fingerprint density at radius 3 is 2.31 bits per heavy atom. The van der Waals surface area contributed by atoms with Crippen molar-refractivity contribution in [3.05, 3.63) is 93.0 Å². The van der Waals surface area contributed by atoms with Crippen molar-refractivity contribution in [2.45, 2.75) is 69.3 Å². The third kappa shape index (κ3) is 17.3. The SMILES string of the molecule is CC(N)c1ccccc1C(=O)O[C@@H]1C[C@H](n2cc(C#CCNC(=O)CCCCOC(=O)c3ccccc3C(C)SSCCN)c(N)nc2=O)OC1COP(=O)(O)OP(=O)(O)OP(=O)(O)O. The average molecular weight is 1010 g/mol. The second kappa shape index (κ2) is 24.7. The van der Waals surface area contributed by atoms with Gasteiger partial charge in [0.1, 0.15) is 24.3 Å². The number of esters is 2. The van der Waals surface area contributed by atoms with Crippen LogP contribution in [0.4, 0.5) is 5.82 Å². The molecule has 2 aromatic carbocycles. The number of phosphoric acid groups is 3. The molecule has 0 aliphatic carbocycles. The number of hydrogen-bond donors (Lipinski definition) is 8. The quantitative estimate of drug-likeness (QED) is 0.0221. The molecule has 28 heteroatoms. The van der Waals surface area contributed by atoms with Crippen molar-refractivity contribution in [1.29, 1.82) is 0 Å². The van der Waals surface area contributed by atoms with Crippen LogP contribution in [0, 0.1) is 11.8 Å². The molecule has 0 radical (unpaired) electrons. The molecule has 0 bridgehead atoms. The number of nitrogens with one attached hydrogen (secondary N) is 1.